The lowest BCUT2D eigenvalue weighted by atomic mass is 9.81. The second-order valence-corrected chi connectivity index (χ2v) is 4.66. The summed E-state index contributed by atoms with van der Waals surface area (Å²) >= 11 is 0. The normalized spacial score (nSPS) is 28.2. The lowest BCUT2D eigenvalue weighted by molar-refractivity contribution is -0.147. The van der Waals surface area contributed by atoms with Gasteiger partial charge in [-0.2, -0.15) is 0 Å². The number of aliphatic carboxylic acids is 1. The lowest BCUT2D eigenvalue weighted by Crippen LogP contribution is -2.52. The minimum Gasteiger partial charge on any atom is -0.480 e. The Morgan fingerprint density at radius 2 is 2.11 bits per heavy atom. The Balaban J connectivity index is 2.17. The van der Waals surface area contributed by atoms with Crippen molar-refractivity contribution in [1.29, 1.82) is 0 Å². The predicted molar refractivity (Wildman–Crippen MR) is 65.5 cm³/mol. The summed E-state index contributed by atoms with van der Waals surface area (Å²) in [6.45, 7) is 2.06. The van der Waals surface area contributed by atoms with Gasteiger partial charge in [0.05, 0.1) is 32.5 Å². The van der Waals surface area contributed by atoms with Crippen LogP contribution < -0.4 is 5.73 Å². The highest BCUT2D eigenvalue weighted by Gasteiger charge is 2.39. The van der Waals surface area contributed by atoms with E-state index in [0.717, 1.165) is 12.8 Å². The van der Waals surface area contributed by atoms with Crippen molar-refractivity contribution in [3.8, 4) is 0 Å². The Morgan fingerprint density at radius 3 is 2.78 bits per heavy atom. The number of carbonyl (C=O) groups is 1. The van der Waals surface area contributed by atoms with E-state index in [1.165, 1.54) is 0 Å². The van der Waals surface area contributed by atoms with Gasteiger partial charge < -0.3 is 25.1 Å². The maximum Gasteiger partial charge on any atom is 0.323 e. The van der Waals surface area contributed by atoms with Crippen molar-refractivity contribution in [2.45, 2.75) is 37.3 Å². The molecule has 2 atom stereocenters. The maximum absolute atomic E-state index is 11.1. The summed E-state index contributed by atoms with van der Waals surface area (Å²) in [7, 11) is 1.62. The Hall–Kier alpha value is -0.690. The molecule has 0 aromatic carbocycles. The first-order chi connectivity index (χ1) is 8.58. The third kappa shape index (κ3) is 4.89. The van der Waals surface area contributed by atoms with E-state index in [4.69, 9.17) is 25.1 Å². The van der Waals surface area contributed by atoms with Crippen LogP contribution in [-0.4, -0.2) is 56.3 Å². The van der Waals surface area contributed by atoms with Crippen molar-refractivity contribution >= 4 is 5.97 Å². The average Bonchev–Trinajstić information content (AvgIpc) is 2.34. The molecule has 1 saturated carbocycles. The maximum atomic E-state index is 11.1. The van der Waals surface area contributed by atoms with E-state index in [2.05, 4.69) is 0 Å². The van der Waals surface area contributed by atoms with Gasteiger partial charge in [0.2, 0.25) is 0 Å². The molecule has 0 spiro atoms. The van der Waals surface area contributed by atoms with Gasteiger partial charge in [-0.05, 0) is 19.3 Å². The van der Waals surface area contributed by atoms with Gasteiger partial charge in [0, 0.05) is 13.5 Å². The van der Waals surface area contributed by atoms with Crippen LogP contribution in [0.15, 0.2) is 0 Å². The molecule has 1 aliphatic rings. The number of carboxylic acids is 1. The van der Waals surface area contributed by atoms with Gasteiger partial charge in [0.15, 0.2) is 0 Å². The van der Waals surface area contributed by atoms with Crippen molar-refractivity contribution in [3.63, 3.8) is 0 Å². The molecule has 0 aromatic rings. The SMILES string of the molecule is COCCOCCOC1CCCC(N)(C(=O)O)C1. The van der Waals surface area contributed by atoms with Crippen molar-refractivity contribution in [3.05, 3.63) is 0 Å². The lowest BCUT2D eigenvalue weighted by Gasteiger charge is -2.34. The molecular weight excluding hydrogens is 238 g/mol. The van der Waals surface area contributed by atoms with Crippen LogP contribution in [0.3, 0.4) is 0 Å². The first-order valence-electron chi connectivity index (χ1n) is 6.29. The fourth-order valence-corrected chi connectivity index (χ4v) is 2.11. The molecule has 6 heteroatoms. The zero-order valence-electron chi connectivity index (χ0n) is 10.9. The monoisotopic (exact) mass is 261 g/mol. The molecular formula is C12H23NO5. The molecule has 0 radical (unpaired) electrons. The minimum absolute atomic E-state index is 0.0779. The molecule has 3 N–H and O–H groups in total. The topological polar surface area (TPSA) is 91.0 Å². The average molecular weight is 261 g/mol. The first-order valence-corrected chi connectivity index (χ1v) is 6.29. The molecule has 1 rings (SSSR count). The van der Waals surface area contributed by atoms with Crippen LogP contribution in [0.25, 0.3) is 0 Å². The van der Waals surface area contributed by atoms with Crippen LogP contribution in [0.4, 0.5) is 0 Å². The van der Waals surface area contributed by atoms with Crippen molar-refractivity contribution in [2.75, 3.05) is 33.5 Å². The quantitative estimate of drug-likeness (QED) is 0.614. The van der Waals surface area contributed by atoms with Crippen LogP contribution in [0, 0.1) is 0 Å². The van der Waals surface area contributed by atoms with E-state index in [9.17, 15) is 4.79 Å². The Morgan fingerprint density at radius 1 is 1.39 bits per heavy atom. The van der Waals surface area contributed by atoms with E-state index < -0.39 is 11.5 Å². The number of ether oxygens (including phenoxy) is 3. The highest BCUT2D eigenvalue weighted by atomic mass is 16.5. The fourth-order valence-electron chi connectivity index (χ4n) is 2.11. The van der Waals surface area contributed by atoms with Gasteiger partial charge in [-0.15, -0.1) is 0 Å². The second-order valence-electron chi connectivity index (χ2n) is 4.66. The predicted octanol–water partition coefficient (Wildman–Crippen LogP) is 0.391. The van der Waals surface area contributed by atoms with Gasteiger partial charge in [-0.1, -0.05) is 0 Å². The van der Waals surface area contributed by atoms with E-state index in [1.54, 1.807) is 7.11 Å². The summed E-state index contributed by atoms with van der Waals surface area (Å²) in [6.07, 6.45) is 2.47. The Bertz CT molecular complexity index is 261. The van der Waals surface area contributed by atoms with Gasteiger partial charge in [0.25, 0.3) is 0 Å². The number of nitrogens with two attached hydrogens (primary N) is 1. The highest BCUT2D eigenvalue weighted by Crippen LogP contribution is 2.28. The van der Waals surface area contributed by atoms with Crippen LogP contribution in [-0.2, 0) is 19.0 Å². The number of carboxylic acid groups (broad SMARTS) is 1. The van der Waals surface area contributed by atoms with Crippen LogP contribution >= 0.6 is 0 Å². The summed E-state index contributed by atoms with van der Waals surface area (Å²) in [5, 5.41) is 9.06. The molecule has 106 valence electrons. The summed E-state index contributed by atoms with van der Waals surface area (Å²) in [5.41, 5.74) is 4.71. The van der Waals surface area contributed by atoms with E-state index in [1.807, 2.05) is 0 Å². The minimum atomic E-state index is -1.13. The number of rotatable bonds is 8. The molecule has 6 nitrogen and oxygen atoms in total. The zero-order chi connectivity index (χ0) is 13.4. The van der Waals surface area contributed by atoms with Gasteiger partial charge >= 0.3 is 5.97 Å². The van der Waals surface area contributed by atoms with E-state index in [0.29, 0.717) is 39.3 Å². The molecule has 0 bridgehead atoms. The summed E-state index contributed by atoms with van der Waals surface area (Å²) in [4.78, 5) is 11.1. The number of hydrogen-bond donors (Lipinski definition) is 2. The van der Waals surface area contributed by atoms with Crippen molar-refractivity contribution in [2.24, 2.45) is 5.73 Å². The molecule has 2 unspecified atom stereocenters. The van der Waals surface area contributed by atoms with Crippen LogP contribution in [0.5, 0.6) is 0 Å². The highest BCUT2D eigenvalue weighted by molar-refractivity contribution is 5.78. The van der Waals surface area contributed by atoms with Gasteiger partial charge in [-0.3, -0.25) is 4.79 Å². The number of methoxy groups -OCH3 is 1. The van der Waals surface area contributed by atoms with Crippen molar-refractivity contribution < 1.29 is 24.1 Å². The first kappa shape index (κ1) is 15.4. The van der Waals surface area contributed by atoms with E-state index in [-0.39, 0.29) is 6.10 Å². The van der Waals surface area contributed by atoms with Crippen LogP contribution in [0.1, 0.15) is 25.7 Å². The molecule has 1 fully saturated rings. The Labute approximate surface area is 107 Å². The number of hydrogen-bond acceptors (Lipinski definition) is 5. The molecule has 1 aliphatic carbocycles. The third-order valence-electron chi connectivity index (χ3n) is 3.18. The molecule has 0 aliphatic heterocycles. The van der Waals surface area contributed by atoms with Gasteiger partial charge in [0.1, 0.15) is 5.54 Å². The van der Waals surface area contributed by atoms with Gasteiger partial charge in [-0.25, -0.2) is 0 Å². The Kier molecular flexibility index (Phi) is 6.56. The third-order valence-corrected chi connectivity index (χ3v) is 3.18. The smallest absolute Gasteiger partial charge is 0.323 e. The molecule has 0 aromatic heterocycles. The zero-order valence-corrected chi connectivity index (χ0v) is 10.9. The standard InChI is InChI=1S/C12H23NO5/c1-16-5-6-17-7-8-18-10-3-2-4-12(13,9-10)11(14)15/h10H,2-9,13H2,1H3,(H,14,15). The second kappa shape index (κ2) is 7.68. The molecule has 0 amide bonds. The molecule has 0 heterocycles. The summed E-state index contributed by atoms with van der Waals surface area (Å²) in [6, 6.07) is 0. The molecule has 18 heavy (non-hydrogen) atoms. The molecule has 0 saturated heterocycles. The van der Waals surface area contributed by atoms with E-state index >= 15 is 0 Å². The van der Waals surface area contributed by atoms with Crippen LogP contribution in [0.2, 0.25) is 0 Å². The summed E-state index contributed by atoms with van der Waals surface area (Å²) in [5.74, 6) is -0.938. The fraction of sp³-hybridized carbons (Fsp3) is 0.917. The summed E-state index contributed by atoms with van der Waals surface area (Å²) < 4.78 is 15.7. The van der Waals surface area contributed by atoms with Crippen molar-refractivity contribution in [1.82, 2.24) is 0 Å². The largest absolute Gasteiger partial charge is 0.480 e.